The van der Waals surface area contributed by atoms with E-state index in [2.05, 4.69) is 22.4 Å². The molecule has 17 heavy (non-hydrogen) atoms. The molecule has 5 nitrogen and oxygen atoms in total. The van der Waals surface area contributed by atoms with Crippen molar-refractivity contribution in [2.24, 2.45) is 0 Å². The predicted molar refractivity (Wildman–Crippen MR) is 63.6 cm³/mol. The molecule has 1 N–H and O–H groups in total. The normalized spacial score (nSPS) is 20.6. The Morgan fingerprint density at radius 2 is 2.18 bits per heavy atom. The van der Waals surface area contributed by atoms with E-state index in [9.17, 15) is 0 Å². The molecule has 1 atom stereocenters. The lowest BCUT2D eigenvalue weighted by molar-refractivity contribution is 0.0130. The molecule has 0 radical (unpaired) electrons. The van der Waals surface area contributed by atoms with Gasteiger partial charge >= 0.3 is 0 Å². The average Bonchev–Trinajstić information content (AvgIpc) is 2.79. The first kappa shape index (κ1) is 12.5. The second kappa shape index (κ2) is 6.71. The molecule has 1 fully saturated rings. The standard InChI is InChI=1S/C12H21N3O2/c1-2-6-13-9-12-15-14-11(17-12)8-10-5-3-4-7-16-10/h10,13H,2-9H2,1H3. The van der Waals surface area contributed by atoms with E-state index < -0.39 is 0 Å². The van der Waals surface area contributed by atoms with Gasteiger partial charge in [0.25, 0.3) is 0 Å². The van der Waals surface area contributed by atoms with Crippen LogP contribution in [0.2, 0.25) is 0 Å². The Labute approximate surface area is 102 Å². The van der Waals surface area contributed by atoms with Crippen molar-refractivity contribution in [1.82, 2.24) is 15.5 Å². The summed E-state index contributed by atoms with van der Waals surface area (Å²) in [5.41, 5.74) is 0. The molecule has 1 aromatic rings. The van der Waals surface area contributed by atoms with Gasteiger partial charge in [-0.2, -0.15) is 0 Å². The van der Waals surface area contributed by atoms with Gasteiger partial charge in [0.1, 0.15) is 0 Å². The van der Waals surface area contributed by atoms with E-state index >= 15 is 0 Å². The van der Waals surface area contributed by atoms with Crippen LogP contribution in [-0.4, -0.2) is 29.5 Å². The summed E-state index contributed by atoms with van der Waals surface area (Å²) in [6, 6.07) is 0. The Hall–Kier alpha value is -0.940. The van der Waals surface area contributed by atoms with E-state index in [-0.39, 0.29) is 6.10 Å². The summed E-state index contributed by atoms with van der Waals surface area (Å²) < 4.78 is 11.2. The summed E-state index contributed by atoms with van der Waals surface area (Å²) in [6.07, 6.45) is 5.64. The number of nitrogens with zero attached hydrogens (tertiary/aromatic N) is 2. The fourth-order valence-corrected chi connectivity index (χ4v) is 1.98. The highest BCUT2D eigenvalue weighted by Crippen LogP contribution is 2.16. The molecule has 1 saturated heterocycles. The molecule has 0 aromatic carbocycles. The van der Waals surface area contributed by atoms with Gasteiger partial charge in [-0.15, -0.1) is 10.2 Å². The van der Waals surface area contributed by atoms with Crippen molar-refractivity contribution < 1.29 is 9.15 Å². The number of rotatable bonds is 6. The lowest BCUT2D eigenvalue weighted by Crippen LogP contribution is -2.21. The molecule has 0 amide bonds. The van der Waals surface area contributed by atoms with E-state index in [1.807, 2.05) is 0 Å². The molecule has 1 aromatic heterocycles. The Kier molecular flexibility index (Phi) is 4.94. The van der Waals surface area contributed by atoms with Crippen LogP contribution < -0.4 is 5.32 Å². The second-order valence-corrected chi connectivity index (χ2v) is 4.46. The smallest absolute Gasteiger partial charge is 0.230 e. The first-order chi connectivity index (χ1) is 8.38. The summed E-state index contributed by atoms with van der Waals surface area (Å²) in [6.45, 7) is 4.63. The van der Waals surface area contributed by atoms with Crippen molar-refractivity contribution in [2.45, 2.75) is 51.7 Å². The third-order valence-electron chi connectivity index (χ3n) is 2.89. The van der Waals surface area contributed by atoms with Gasteiger partial charge in [0.2, 0.25) is 11.8 Å². The monoisotopic (exact) mass is 239 g/mol. The van der Waals surface area contributed by atoms with E-state index in [0.717, 1.165) is 32.4 Å². The minimum atomic E-state index is 0.264. The maximum Gasteiger partial charge on any atom is 0.230 e. The molecule has 0 spiro atoms. The van der Waals surface area contributed by atoms with Crippen LogP contribution in [-0.2, 0) is 17.7 Å². The van der Waals surface area contributed by atoms with Gasteiger partial charge in [0.15, 0.2) is 0 Å². The van der Waals surface area contributed by atoms with Crippen LogP contribution >= 0.6 is 0 Å². The van der Waals surface area contributed by atoms with Crippen LogP contribution in [0.15, 0.2) is 4.42 Å². The molecule has 0 bridgehead atoms. The fraction of sp³-hybridized carbons (Fsp3) is 0.833. The van der Waals surface area contributed by atoms with Crippen molar-refractivity contribution >= 4 is 0 Å². The summed E-state index contributed by atoms with van der Waals surface area (Å²) in [4.78, 5) is 0. The molecule has 2 heterocycles. The summed E-state index contributed by atoms with van der Waals surface area (Å²) in [5, 5.41) is 11.3. The molecular weight excluding hydrogens is 218 g/mol. The predicted octanol–water partition coefficient (Wildman–Crippen LogP) is 1.68. The Morgan fingerprint density at radius 3 is 2.94 bits per heavy atom. The zero-order valence-corrected chi connectivity index (χ0v) is 10.4. The highest BCUT2D eigenvalue weighted by Gasteiger charge is 2.17. The molecule has 1 unspecified atom stereocenters. The van der Waals surface area contributed by atoms with Crippen LogP contribution in [0, 0.1) is 0 Å². The van der Waals surface area contributed by atoms with Crippen molar-refractivity contribution in [3.63, 3.8) is 0 Å². The van der Waals surface area contributed by atoms with Crippen LogP contribution in [0.1, 0.15) is 44.4 Å². The van der Waals surface area contributed by atoms with Gasteiger partial charge < -0.3 is 14.5 Å². The fourth-order valence-electron chi connectivity index (χ4n) is 1.98. The van der Waals surface area contributed by atoms with Crippen LogP contribution in [0.4, 0.5) is 0 Å². The number of aromatic nitrogens is 2. The molecule has 2 rings (SSSR count). The van der Waals surface area contributed by atoms with Crippen molar-refractivity contribution in [3.8, 4) is 0 Å². The lowest BCUT2D eigenvalue weighted by atomic mass is 10.1. The van der Waals surface area contributed by atoms with Crippen LogP contribution in [0.3, 0.4) is 0 Å². The van der Waals surface area contributed by atoms with Gasteiger partial charge in [-0.25, -0.2) is 0 Å². The van der Waals surface area contributed by atoms with E-state index in [4.69, 9.17) is 9.15 Å². The third-order valence-corrected chi connectivity index (χ3v) is 2.89. The summed E-state index contributed by atoms with van der Waals surface area (Å²) in [5.74, 6) is 1.37. The molecule has 1 aliphatic heterocycles. The van der Waals surface area contributed by atoms with E-state index in [0.29, 0.717) is 18.3 Å². The summed E-state index contributed by atoms with van der Waals surface area (Å²) >= 11 is 0. The molecule has 96 valence electrons. The average molecular weight is 239 g/mol. The Morgan fingerprint density at radius 1 is 1.29 bits per heavy atom. The third kappa shape index (κ3) is 4.09. The topological polar surface area (TPSA) is 60.2 Å². The van der Waals surface area contributed by atoms with Crippen molar-refractivity contribution in [1.29, 1.82) is 0 Å². The molecule has 0 aliphatic carbocycles. The number of hydrogen-bond acceptors (Lipinski definition) is 5. The van der Waals surface area contributed by atoms with E-state index in [1.54, 1.807) is 0 Å². The number of hydrogen-bond donors (Lipinski definition) is 1. The summed E-state index contributed by atoms with van der Waals surface area (Å²) in [7, 11) is 0. The highest BCUT2D eigenvalue weighted by atomic mass is 16.5. The quantitative estimate of drug-likeness (QED) is 0.765. The molecule has 5 heteroatoms. The molecule has 0 saturated carbocycles. The maximum absolute atomic E-state index is 5.65. The maximum atomic E-state index is 5.65. The zero-order valence-electron chi connectivity index (χ0n) is 10.4. The van der Waals surface area contributed by atoms with Gasteiger partial charge in [0, 0.05) is 6.61 Å². The van der Waals surface area contributed by atoms with Gasteiger partial charge in [-0.1, -0.05) is 6.92 Å². The minimum absolute atomic E-state index is 0.264. The largest absolute Gasteiger partial charge is 0.424 e. The van der Waals surface area contributed by atoms with Gasteiger partial charge in [-0.05, 0) is 32.2 Å². The SMILES string of the molecule is CCCNCc1nnc(CC2CCCCO2)o1. The lowest BCUT2D eigenvalue weighted by Gasteiger charge is -2.20. The van der Waals surface area contributed by atoms with Crippen LogP contribution in [0.5, 0.6) is 0 Å². The van der Waals surface area contributed by atoms with Crippen LogP contribution in [0.25, 0.3) is 0 Å². The Bertz CT molecular complexity index is 321. The van der Waals surface area contributed by atoms with Gasteiger partial charge in [0.05, 0.1) is 19.1 Å². The first-order valence-electron chi connectivity index (χ1n) is 6.52. The Balaban J connectivity index is 1.76. The van der Waals surface area contributed by atoms with Gasteiger partial charge in [-0.3, -0.25) is 0 Å². The molecule has 1 aliphatic rings. The molecular formula is C12H21N3O2. The second-order valence-electron chi connectivity index (χ2n) is 4.46. The van der Waals surface area contributed by atoms with Crippen molar-refractivity contribution in [3.05, 3.63) is 11.8 Å². The van der Waals surface area contributed by atoms with Crippen molar-refractivity contribution in [2.75, 3.05) is 13.2 Å². The zero-order chi connectivity index (χ0) is 11.9. The van der Waals surface area contributed by atoms with E-state index in [1.165, 1.54) is 12.8 Å². The number of ether oxygens (including phenoxy) is 1. The minimum Gasteiger partial charge on any atom is -0.424 e. The first-order valence-corrected chi connectivity index (χ1v) is 6.52. The number of nitrogens with one attached hydrogen (secondary N) is 1. The highest BCUT2D eigenvalue weighted by molar-refractivity contribution is 4.85.